The molecule has 4 aromatic heterocycles. The van der Waals surface area contributed by atoms with Crippen LogP contribution in [0.5, 0.6) is 23.0 Å². The third-order valence-corrected chi connectivity index (χ3v) is 14.4. The molecular weight excluding hydrogens is 1010 g/mol. The highest BCUT2D eigenvalue weighted by molar-refractivity contribution is 9.09. The second-order valence-electron chi connectivity index (χ2n) is 19.6. The number of nitrogens with one attached hydrogen (secondary N) is 2. The average Bonchev–Trinajstić information content (AvgIpc) is 4.28. The molecule has 10 rings (SSSR count). The van der Waals surface area contributed by atoms with Gasteiger partial charge in [0.25, 0.3) is 0 Å². The molecule has 396 valence electrons. The number of imidazole rings is 2. The van der Waals surface area contributed by atoms with Gasteiger partial charge in [-0.15, -0.1) is 0 Å². The molecule has 0 radical (unpaired) electrons. The van der Waals surface area contributed by atoms with Crippen molar-refractivity contribution in [1.82, 2.24) is 35.1 Å². The van der Waals surface area contributed by atoms with E-state index in [1.165, 1.54) is 41.2 Å². The molecule has 4 aromatic carbocycles. The number of phenolic OH excluding ortho intramolecular Hbond substituents is 2. The first-order valence-electron chi connectivity index (χ1n) is 26.0. The number of β-amino-alcohol motifs (C(OH)–C–C–N with tert-alkyl or cyclic N) is 1. The van der Waals surface area contributed by atoms with Crippen molar-refractivity contribution < 1.29 is 38.9 Å². The molecule has 1 aliphatic carbocycles. The first-order valence-corrected chi connectivity index (χ1v) is 27.1. The van der Waals surface area contributed by atoms with Crippen LogP contribution in [0.1, 0.15) is 111 Å². The number of aromatic nitrogens is 6. The Bertz CT molecular complexity index is 3200. The molecule has 0 atom stereocenters. The normalized spacial score (nSPS) is 13.2. The lowest BCUT2D eigenvalue weighted by Gasteiger charge is -2.28. The van der Waals surface area contributed by atoms with Gasteiger partial charge in [0.2, 0.25) is 0 Å². The van der Waals surface area contributed by atoms with Crippen LogP contribution in [0.4, 0.5) is 0 Å². The summed E-state index contributed by atoms with van der Waals surface area (Å²) in [5.74, 6) is 4.19. The van der Waals surface area contributed by atoms with Gasteiger partial charge < -0.3 is 48.9 Å². The SMILES string of the molecule is CCc1cnc(-c2noc(-c3cc(C(C)C)c(O)cc3O)c2-c2ccc3c(c2)CCN(CCO)C3)[nH]1.CCc1cnc(-c2noc(-c3cc(C(C)C)c(OC)cc3OC)c2-c2ccc3c(c2)CCCC3)[nH]1.OCCBr. The van der Waals surface area contributed by atoms with E-state index in [-0.39, 0.29) is 36.5 Å². The topological polar surface area (TPSA) is 212 Å². The largest absolute Gasteiger partial charge is 0.508 e. The van der Waals surface area contributed by atoms with E-state index in [1.807, 2.05) is 32.2 Å². The van der Waals surface area contributed by atoms with Crippen LogP contribution in [-0.4, -0.2) is 101 Å². The Morgan fingerprint density at radius 3 is 1.69 bits per heavy atom. The smallest absolute Gasteiger partial charge is 0.179 e. The summed E-state index contributed by atoms with van der Waals surface area (Å²) >= 11 is 3.00. The van der Waals surface area contributed by atoms with Gasteiger partial charge in [0.05, 0.1) is 49.7 Å². The van der Waals surface area contributed by atoms with Crippen molar-refractivity contribution >= 4 is 15.9 Å². The van der Waals surface area contributed by atoms with Crippen molar-refractivity contribution in [3.05, 3.63) is 118 Å². The highest BCUT2D eigenvalue weighted by Gasteiger charge is 2.29. The van der Waals surface area contributed by atoms with Crippen molar-refractivity contribution in [1.29, 1.82) is 0 Å². The zero-order chi connectivity index (χ0) is 53.3. The molecular formula is C59H70BrN7O8. The van der Waals surface area contributed by atoms with E-state index < -0.39 is 0 Å². The third kappa shape index (κ3) is 11.9. The molecule has 0 saturated carbocycles. The summed E-state index contributed by atoms with van der Waals surface area (Å²) < 4.78 is 23.5. The fraction of sp³-hybridized carbons (Fsp3) is 0.390. The number of aromatic hydroxyl groups is 2. The van der Waals surface area contributed by atoms with Gasteiger partial charge in [0.15, 0.2) is 34.6 Å². The summed E-state index contributed by atoms with van der Waals surface area (Å²) in [6.07, 6.45) is 10.9. The number of rotatable bonds is 15. The third-order valence-electron chi connectivity index (χ3n) is 14.0. The van der Waals surface area contributed by atoms with E-state index in [9.17, 15) is 15.3 Å². The summed E-state index contributed by atoms with van der Waals surface area (Å²) in [7, 11) is 3.36. The lowest BCUT2D eigenvalue weighted by Crippen LogP contribution is -2.32. The molecule has 75 heavy (non-hydrogen) atoms. The van der Waals surface area contributed by atoms with Gasteiger partial charge >= 0.3 is 0 Å². The second kappa shape index (κ2) is 24.7. The van der Waals surface area contributed by atoms with Gasteiger partial charge in [0, 0.05) is 60.9 Å². The predicted octanol–water partition coefficient (Wildman–Crippen LogP) is 12.2. The maximum absolute atomic E-state index is 10.8. The van der Waals surface area contributed by atoms with Gasteiger partial charge in [-0.1, -0.05) is 104 Å². The summed E-state index contributed by atoms with van der Waals surface area (Å²) in [4.78, 5) is 18.1. The van der Waals surface area contributed by atoms with Crippen molar-refractivity contribution in [3.63, 3.8) is 0 Å². The van der Waals surface area contributed by atoms with Crippen molar-refractivity contribution in [2.24, 2.45) is 0 Å². The van der Waals surface area contributed by atoms with Crippen molar-refractivity contribution in [2.45, 2.75) is 105 Å². The van der Waals surface area contributed by atoms with Crippen LogP contribution in [0.25, 0.3) is 67.9 Å². The van der Waals surface area contributed by atoms with Crippen LogP contribution >= 0.6 is 15.9 Å². The van der Waals surface area contributed by atoms with Gasteiger partial charge in [-0.25, -0.2) is 9.97 Å². The molecule has 0 fully saturated rings. The first kappa shape index (κ1) is 54.5. The number of hydrogen-bond donors (Lipinski definition) is 6. The number of aromatic amines is 2. The summed E-state index contributed by atoms with van der Waals surface area (Å²) in [5.41, 5.74) is 15.4. The van der Waals surface area contributed by atoms with Crippen LogP contribution in [0.3, 0.4) is 0 Å². The Hall–Kier alpha value is -6.72. The Balaban J connectivity index is 0.000000186. The zero-order valence-corrected chi connectivity index (χ0v) is 45.9. The molecule has 16 heteroatoms. The summed E-state index contributed by atoms with van der Waals surface area (Å²) in [6, 6.07) is 20.2. The van der Waals surface area contributed by atoms with E-state index in [1.54, 1.807) is 26.5 Å². The number of ether oxygens (including phenoxy) is 2. The Morgan fingerprint density at radius 1 is 0.640 bits per heavy atom. The molecule has 8 aromatic rings. The number of alkyl halides is 1. The van der Waals surface area contributed by atoms with E-state index in [2.05, 4.69) is 115 Å². The number of fused-ring (bicyclic) bond motifs is 2. The molecule has 0 unspecified atom stereocenters. The molecule has 6 N–H and O–H groups in total. The predicted molar refractivity (Wildman–Crippen MR) is 297 cm³/mol. The number of methoxy groups -OCH3 is 2. The number of halogens is 1. The van der Waals surface area contributed by atoms with Crippen LogP contribution in [-0.2, 0) is 38.6 Å². The number of phenols is 2. The minimum absolute atomic E-state index is 0.0485. The minimum Gasteiger partial charge on any atom is -0.508 e. The van der Waals surface area contributed by atoms with Crippen LogP contribution in [0, 0.1) is 0 Å². The van der Waals surface area contributed by atoms with E-state index >= 15 is 0 Å². The molecule has 1 aliphatic heterocycles. The number of aliphatic hydroxyl groups excluding tert-OH is 2. The van der Waals surface area contributed by atoms with Crippen LogP contribution < -0.4 is 9.47 Å². The summed E-state index contributed by atoms with van der Waals surface area (Å²) in [5, 5.41) is 48.0. The maximum Gasteiger partial charge on any atom is 0.179 e. The monoisotopic (exact) mass is 1080 g/mol. The molecule has 0 saturated heterocycles. The Labute approximate surface area is 447 Å². The van der Waals surface area contributed by atoms with E-state index in [0.29, 0.717) is 63.3 Å². The lowest BCUT2D eigenvalue weighted by molar-refractivity contribution is 0.184. The molecule has 2 aliphatic rings. The molecule has 5 heterocycles. The zero-order valence-electron chi connectivity index (χ0n) is 44.3. The molecule has 0 spiro atoms. The fourth-order valence-electron chi connectivity index (χ4n) is 9.90. The Morgan fingerprint density at radius 2 is 1.17 bits per heavy atom. The van der Waals surface area contributed by atoms with Crippen LogP contribution in [0.15, 0.2) is 82.1 Å². The fourth-order valence-corrected chi connectivity index (χ4v) is 9.90. The number of benzene rings is 4. The maximum atomic E-state index is 10.8. The van der Waals surface area contributed by atoms with E-state index in [4.69, 9.17) is 23.6 Å². The first-order chi connectivity index (χ1) is 36.3. The highest BCUT2D eigenvalue weighted by Crippen LogP contribution is 2.48. The number of hydrogen-bond acceptors (Lipinski definition) is 13. The highest BCUT2D eigenvalue weighted by atomic mass is 79.9. The van der Waals surface area contributed by atoms with Crippen molar-refractivity contribution in [3.8, 4) is 90.9 Å². The Kier molecular flexibility index (Phi) is 18.0. The number of nitrogens with zero attached hydrogens (tertiary/aromatic N) is 5. The standard InChI is InChI=1S/C29H33N3O3.C28H32N4O4.C2H5BrO/c1-6-21-16-30-29(31-21)27-26(20-12-11-18-9-7-8-10-19(18)13-20)28(35-32-27)23-14-22(17(2)3)24(33-4)15-25(23)34-5;1-4-20-14-29-28(30-20)26-25(18-5-6-19-15-32(9-10-33)8-7-17(19)11-18)27(36-31-26)22-12-21(16(2)3)23(34)13-24(22)35;3-1-2-4/h11-17H,6-10H2,1-5H3,(H,30,31);5-6,11-14,16,33-35H,4,7-10,15H2,1-3H3,(H,29,30);4H,1-2H2. The number of aryl methyl sites for hydroxylation is 4. The van der Waals surface area contributed by atoms with Gasteiger partial charge in [-0.3, -0.25) is 4.90 Å². The quantitative estimate of drug-likeness (QED) is 0.0528. The number of H-pyrrole nitrogens is 2. The van der Waals surface area contributed by atoms with Gasteiger partial charge in [-0.2, -0.15) is 0 Å². The molecule has 0 amide bonds. The van der Waals surface area contributed by atoms with Crippen molar-refractivity contribution in [2.75, 3.05) is 45.9 Å². The van der Waals surface area contributed by atoms with E-state index in [0.717, 1.165) is 95.7 Å². The van der Waals surface area contributed by atoms with Gasteiger partial charge in [-0.05, 0) is 113 Å². The molecule has 0 bridgehead atoms. The minimum atomic E-state index is -0.0767. The number of aliphatic hydroxyl groups is 2. The van der Waals surface area contributed by atoms with Crippen LogP contribution in [0.2, 0.25) is 0 Å². The average molecular weight is 1090 g/mol. The second-order valence-corrected chi connectivity index (χ2v) is 20.4. The van der Waals surface area contributed by atoms with Gasteiger partial charge in [0.1, 0.15) is 23.0 Å². The summed E-state index contributed by atoms with van der Waals surface area (Å²) in [6.45, 7) is 15.2. The lowest BCUT2D eigenvalue weighted by atomic mass is 9.88. The molecule has 15 nitrogen and oxygen atoms in total.